The second-order valence-corrected chi connectivity index (χ2v) is 6.80. The van der Waals surface area contributed by atoms with Crippen molar-refractivity contribution in [2.24, 2.45) is 18.9 Å². The van der Waals surface area contributed by atoms with Crippen molar-refractivity contribution >= 4 is 0 Å². The predicted molar refractivity (Wildman–Crippen MR) is 83.6 cm³/mol. The zero-order valence-corrected chi connectivity index (χ0v) is 13.6. The Morgan fingerprint density at radius 2 is 2.10 bits per heavy atom. The molecule has 1 aromatic heterocycles. The lowest BCUT2D eigenvalue weighted by atomic mass is 9.79. The van der Waals surface area contributed by atoms with E-state index in [1.54, 1.807) is 0 Å². The maximum Gasteiger partial charge on any atom is 0.0538 e. The van der Waals surface area contributed by atoms with E-state index in [-0.39, 0.29) is 0 Å². The highest BCUT2D eigenvalue weighted by Crippen LogP contribution is 2.29. The molecule has 1 aromatic rings. The first kappa shape index (κ1) is 15.5. The Bertz CT molecular complexity index is 412. The fraction of sp³-hybridized carbons (Fsp3) is 0.812. The minimum atomic E-state index is 0.401. The molecule has 4 nitrogen and oxygen atoms in total. The van der Waals surface area contributed by atoms with Gasteiger partial charge in [0.05, 0.1) is 6.20 Å². The molecule has 4 heteroatoms. The maximum atomic E-state index is 4.30. The second kappa shape index (κ2) is 6.72. The molecule has 1 N–H and O–H groups in total. The lowest BCUT2D eigenvalue weighted by molar-refractivity contribution is 0.208. The molecule has 1 aliphatic carbocycles. The van der Waals surface area contributed by atoms with Crippen molar-refractivity contribution < 1.29 is 0 Å². The average Bonchev–Trinajstić information content (AvgIpc) is 2.80. The van der Waals surface area contributed by atoms with Crippen LogP contribution in [-0.2, 0) is 7.05 Å². The standard InChI is InChI=1S/C16H30N4/c1-12-6-7-15(8-13(12)2)17-10-16(19(3)4)14-9-18-20(5)11-14/h9,11-13,15-17H,6-8,10H2,1-5H3/t12-,13+,15+,16-/m1/s1. The van der Waals surface area contributed by atoms with Crippen LogP contribution in [-0.4, -0.2) is 41.4 Å². The van der Waals surface area contributed by atoms with Gasteiger partial charge in [-0.3, -0.25) is 4.68 Å². The zero-order valence-electron chi connectivity index (χ0n) is 13.6. The summed E-state index contributed by atoms with van der Waals surface area (Å²) in [6.07, 6.45) is 8.10. The van der Waals surface area contributed by atoms with Gasteiger partial charge in [0.1, 0.15) is 0 Å². The molecule has 0 aliphatic heterocycles. The van der Waals surface area contributed by atoms with Gasteiger partial charge in [0.2, 0.25) is 0 Å². The summed E-state index contributed by atoms with van der Waals surface area (Å²) in [6, 6.07) is 1.08. The molecule has 20 heavy (non-hydrogen) atoms. The maximum absolute atomic E-state index is 4.30. The number of aromatic nitrogens is 2. The predicted octanol–water partition coefficient (Wildman–Crippen LogP) is 2.44. The molecule has 1 fully saturated rings. The highest BCUT2D eigenvalue weighted by Gasteiger charge is 2.25. The second-order valence-electron chi connectivity index (χ2n) is 6.80. The summed E-state index contributed by atoms with van der Waals surface area (Å²) in [5.74, 6) is 1.73. The number of hydrogen-bond donors (Lipinski definition) is 1. The lowest BCUT2D eigenvalue weighted by Crippen LogP contribution is -2.40. The molecule has 0 aromatic carbocycles. The largest absolute Gasteiger partial charge is 0.312 e. The van der Waals surface area contributed by atoms with E-state index in [1.807, 2.05) is 17.9 Å². The molecule has 0 spiro atoms. The smallest absolute Gasteiger partial charge is 0.0538 e. The number of likely N-dealkylation sites (N-methyl/N-ethyl adjacent to an activating group) is 1. The van der Waals surface area contributed by atoms with Crippen molar-refractivity contribution in [2.45, 2.75) is 45.2 Å². The third-order valence-electron chi connectivity index (χ3n) is 4.93. The van der Waals surface area contributed by atoms with E-state index in [2.05, 4.69) is 49.5 Å². The van der Waals surface area contributed by atoms with E-state index in [9.17, 15) is 0 Å². The van der Waals surface area contributed by atoms with E-state index in [1.165, 1.54) is 24.8 Å². The highest BCUT2D eigenvalue weighted by molar-refractivity contribution is 5.11. The summed E-state index contributed by atoms with van der Waals surface area (Å²) in [5, 5.41) is 8.08. The molecule has 0 bridgehead atoms. The van der Waals surface area contributed by atoms with Gasteiger partial charge in [-0.1, -0.05) is 13.8 Å². The normalized spacial score (nSPS) is 28.8. The van der Waals surface area contributed by atoms with Crippen LogP contribution in [0.5, 0.6) is 0 Å². The zero-order chi connectivity index (χ0) is 14.7. The fourth-order valence-electron chi connectivity index (χ4n) is 3.22. The quantitative estimate of drug-likeness (QED) is 0.898. The van der Waals surface area contributed by atoms with Gasteiger partial charge in [-0.25, -0.2) is 0 Å². The van der Waals surface area contributed by atoms with Gasteiger partial charge >= 0.3 is 0 Å². The number of nitrogens with one attached hydrogen (secondary N) is 1. The van der Waals surface area contributed by atoms with Gasteiger partial charge in [0.15, 0.2) is 0 Å². The van der Waals surface area contributed by atoms with Crippen LogP contribution >= 0.6 is 0 Å². The molecule has 4 atom stereocenters. The van der Waals surface area contributed by atoms with Crippen molar-refractivity contribution in [2.75, 3.05) is 20.6 Å². The molecule has 0 saturated heterocycles. The minimum absolute atomic E-state index is 0.401. The van der Waals surface area contributed by atoms with Gasteiger partial charge in [-0.15, -0.1) is 0 Å². The van der Waals surface area contributed by atoms with Crippen LogP contribution in [0.2, 0.25) is 0 Å². The van der Waals surface area contributed by atoms with Gasteiger partial charge in [0, 0.05) is 37.4 Å². The topological polar surface area (TPSA) is 33.1 Å². The molecule has 1 aliphatic rings. The molecular weight excluding hydrogens is 248 g/mol. The van der Waals surface area contributed by atoms with Crippen molar-refractivity contribution in [3.63, 3.8) is 0 Å². The minimum Gasteiger partial charge on any atom is -0.312 e. The molecule has 0 amide bonds. The molecule has 1 saturated carbocycles. The van der Waals surface area contributed by atoms with Crippen LogP contribution in [0.1, 0.15) is 44.7 Å². The monoisotopic (exact) mass is 278 g/mol. The van der Waals surface area contributed by atoms with Crippen molar-refractivity contribution in [1.29, 1.82) is 0 Å². The van der Waals surface area contributed by atoms with Gasteiger partial charge in [-0.2, -0.15) is 5.10 Å². The van der Waals surface area contributed by atoms with Crippen LogP contribution in [0.3, 0.4) is 0 Å². The summed E-state index contributed by atoms with van der Waals surface area (Å²) < 4.78 is 1.89. The Hall–Kier alpha value is -0.870. The van der Waals surface area contributed by atoms with E-state index in [0.717, 1.165) is 18.4 Å². The van der Waals surface area contributed by atoms with E-state index in [0.29, 0.717) is 12.1 Å². The Labute approximate surface area is 123 Å². The lowest BCUT2D eigenvalue weighted by Gasteiger charge is -2.34. The highest BCUT2D eigenvalue weighted by atomic mass is 15.2. The molecule has 1 heterocycles. The van der Waals surface area contributed by atoms with E-state index in [4.69, 9.17) is 0 Å². The Kier molecular flexibility index (Phi) is 5.22. The summed E-state index contributed by atoms with van der Waals surface area (Å²) in [4.78, 5) is 2.28. The number of rotatable bonds is 5. The van der Waals surface area contributed by atoms with Crippen LogP contribution < -0.4 is 5.32 Å². The first-order valence-electron chi connectivity index (χ1n) is 7.85. The third-order valence-corrected chi connectivity index (χ3v) is 4.93. The van der Waals surface area contributed by atoms with Gasteiger partial charge < -0.3 is 10.2 Å². The summed E-state index contributed by atoms with van der Waals surface area (Å²) >= 11 is 0. The molecule has 114 valence electrons. The molecule has 2 rings (SSSR count). The van der Waals surface area contributed by atoms with Crippen LogP contribution in [0.4, 0.5) is 0 Å². The fourth-order valence-corrected chi connectivity index (χ4v) is 3.22. The first-order valence-corrected chi connectivity index (χ1v) is 7.85. The molecular formula is C16H30N4. The van der Waals surface area contributed by atoms with Crippen molar-refractivity contribution in [3.05, 3.63) is 18.0 Å². The number of aryl methyl sites for hydroxylation is 1. The van der Waals surface area contributed by atoms with E-state index >= 15 is 0 Å². The van der Waals surface area contributed by atoms with Crippen LogP contribution in [0.25, 0.3) is 0 Å². The average molecular weight is 278 g/mol. The summed E-state index contributed by atoms with van der Waals surface area (Å²) in [6.45, 7) is 5.78. The Balaban J connectivity index is 1.90. The van der Waals surface area contributed by atoms with Crippen molar-refractivity contribution in [3.8, 4) is 0 Å². The van der Waals surface area contributed by atoms with Crippen LogP contribution in [0.15, 0.2) is 12.4 Å². The number of nitrogens with zero attached hydrogens (tertiary/aromatic N) is 3. The van der Waals surface area contributed by atoms with Crippen LogP contribution in [0, 0.1) is 11.8 Å². The Morgan fingerprint density at radius 1 is 1.35 bits per heavy atom. The van der Waals surface area contributed by atoms with E-state index < -0.39 is 0 Å². The summed E-state index contributed by atoms with van der Waals surface area (Å²) in [5.41, 5.74) is 1.29. The Morgan fingerprint density at radius 3 is 2.65 bits per heavy atom. The number of hydrogen-bond acceptors (Lipinski definition) is 3. The third kappa shape index (κ3) is 3.83. The summed E-state index contributed by atoms with van der Waals surface area (Å²) in [7, 11) is 6.27. The molecule has 0 radical (unpaired) electrons. The van der Waals surface area contributed by atoms with Gasteiger partial charge in [-0.05, 0) is 45.2 Å². The SMILES string of the molecule is C[C@@H]1CC[C@H](NC[C@H](c2cnn(C)c2)N(C)C)C[C@@H]1C. The first-order chi connectivity index (χ1) is 9.47. The van der Waals surface area contributed by atoms with Crippen molar-refractivity contribution in [1.82, 2.24) is 20.0 Å². The molecule has 0 unspecified atom stereocenters. The van der Waals surface area contributed by atoms with Gasteiger partial charge in [0.25, 0.3) is 0 Å².